The first-order valence-electron chi connectivity index (χ1n) is 5.82. The van der Waals surface area contributed by atoms with Crippen LogP contribution < -0.4 is 4.72 Å². The zero-order valence-electron chi connectivity index (χ0n) is 10.0. The molecule has 0 bridgehead atoms. The molecule has 16 heavy (non-hydrogen) atoms. The van der Waals surface area contributed by atoms with Crippen LogP contribution in [-0.2, 0) is 10.0 Å². The van der Waals surface area contributed by atoms with E-state index < -0.39 is 10.0 Å². The predicted molar refractivity (Wildman–Crippen MR) is 63.7 cm³/mol. The van der Waals surface area contributed by atoms with E-state index in [2.05, 4.69) is 4.72 Å². The number of piperidine rings is 1. The van der Waals surface area contributed by atoms with Gasteiger partial charge in [-0.3, -0.25) is 4.90 Å². The highest BCUT2D eigenvalue weighted by molar-refractivity contribution is 7.90. The van der Waals surface area contributed by atoms with Crippen molar-refractivity contribution in [2.75, 3.05) is 26.7 Å². The maximum atomic E-state index is 11.7. The largest absolute Gasteiger partial charge is 0.392 e. The van der Waals surface area contributed by atoms with E-state index in [1.54, 1.807) is 0 Å². The van der Waals surface area contributed by atoms with Crippen LogP contribution in [0.15, 0.2) is 0 Å². The molecule has 1 heterocycles. The number of β-amino-alcohol motifs (C(OH)–C–C–N with tert-alkyl or cyclic N) is 1. The van der Waals surface area contributed by atoms with Crippen molar-refractivity contribution in [2.24, 2.45) is 0 Å². The molecule has 2 atom stereocenters. The topological polar surface area (TPSA) is 69.6 Å². The van der Waals surface area contributed by atoms with E-state index in [1.165, 1.54) is 7.05 Å². The van der Waals surface area contributed by atoms with Crippen molar-refractivity contribution >= 4 is 10.0 Å². The SMILES string of the molecule is CCC(O)CN1CCCC(S(=O)(=O)NC)C1. The summed E-state index contributed by atoms with van der Waals surface area (Å²) in [5.74, 6) is 0. The van der Waals surface area contributed by atoms with Crippen LogP contribution in [0.4, 0.5) is 0 Å². The zero-order valence-corrected chi connectivity index (χ0v) is 10.8. The Balaban J connectivity index is 2.54. The molecule has 0 aromatic carbocycles. The molecule has 2 N–H and O–H groups in total. The minimum Gasteiger partial charge on any atom is -0.392 e. The number of hydrogen-bond donors (Lipinski definition) is 2. The molecule has 1 fully saturated rings. The average molecular weight is 250 g/mol. The summed E-state index contributed by atoms with van der Waals surface area (Å²) in [4.78, 5) is 2.04. The second-order valence-electron chi connectivity index (χ2n) is 4.34. The lowest BCUT2D eigenvalue weighted by Gasteiger charge is -2.33. The summed E-state index contributed by atoms with van der Waals surface area (Å²) in [5, 5.41) is 9.21. The second-order valence-corrected chi connectivity index (χ2v) is 6.50. The van der Waals surface area contributed by atoms with Crippen molar-refractivity contribution in [2.45, 2.75) is 37.5 Å². The quantitative estimate of drug-likeness (QED) is 0.707. The van der Waals surface area contributed by atoms with Gasteiger partial charge in [-0.05, 0) is 32.9 Å². The number of hydrogen-bond acceptors (Lipinski definition) is 4. The molecule has 2 unspecified atom stereocenters. The van der Waals surface area contributed by atoms with Crippen LogP contribution in [0.5, 0.6) is 0 Å². The first kappa shape index (κ1) is 13.9. The van der Waals surface area contributed by atoms with Gasteiger partial charge in [0.1, 0.15) is 0 Å². The standard InChI is InChI=1S/C10H22N2O3S/c1-3-9(13)7-12-6-4-5-10(8-12)16(14,15)11-2/h9-11,13H,3-8H2,1-2H3. The fraction of sp³-hybridized carbons (Fsp3) is 1.00. The number of aliphatic hydroxyl groups excluding tert-OH is 1. The van der Waals surface area contributed by atoms with Gasteiger partial charge in [0, 0.05) is 13.1 Å². The maximum Gasteiger partial charge on any atom is 0.215 e. The Kier molecular flexibility index (Phi) is 5.17. The van der Waals surface area contributed by atoms with Gasteiger partial charge in [-0.2, -0.15) is 0 Å². The zero-order chi connectivity index (χ0) is 12.2. The van der Waals surface area contributed by atoms with Crippen LogP contribution in [0.2, 0.25) is 0 Å². The normalized spacial score (nSPS) is 25.6. The molecule has 0 aromatic heterocycles. The number of rotatable bonds is 5. The van der Waals surface area contributed by atoms with Crippen molar-refractivity contribution < 1.29 is 13.5 Å². The van der Waals surface area contributed by atoms with E-state index in [0.717, 1.165) is 13.0 Å². The van der Waals surface area contributed by atoms with Crippen molar-refractivity contribution in [3.63, 3.8) is 0 Å². The highest BCUT2D eigenvalue weighted by atomic mass is 32.2. The Bertz CT molecular complexity index is 305. The molecule has 96 valence electrons. The summed E-state index contributed by atoms with van der Waals surface area (Å²) in [6.45, 7) is 3.91. The number of aliphatic hydroxyl groups is 1. The van der Waals surface area contributed by atoms with Gasteiger partial charge >= 0.3 is 0 Å². The average Bonchev–Trinajstić information content (AvgIpc) is 2.29. The van der Waals surface area contributed by atoms with E-state index >= 15 is 0 Å². The Morgan fingerprint density at radius 3 is 2.81 bits per heavy atom. The van der Waals surface area contributed by atoms with Crippen LogP contribution in [0.1, 0.15) is 26.2 Å². The smallest absolute Gasteiger partial charge is 0.215 e. The molecule has 1 aliphatic rings. The molecular weight excluding hydrogens is 228 g/mol. The van der Waals surface area contributed by atoms with Gasteiger partial charge in [0.2, 0.25) is 10.0 Å². The summed E-state index contributed by atoms with van der Waals surface area (Å²) in [5.41, 5.74) is 0. The van der Waals surface area contributed by atoms with Gasteiger partial charge in [0.25, 0.3) is 0 Å². The van der Waals surface area contributed by atoms with Gasteiger partial charge in [-0.15, -0.1) is 0 Å². The minimum absolute atomic E-state index is 0.338. The minimum atomic E-state index is -3.17. The summed E-state index contributed by atoms with van der Waals surface area (Å²) in [6.07, 6.45) is 1.94. The van der Waals surface area contributed by atoms with E-state index in [0.29, 0.717) is 25.9 Å². The molecule has 0 aliphatic carbocycles. The molecule has 0 saturated carbocycles. The molecule has 1 rings (SSSR count). The Hall–Kier alpha value is -0.170. The number of nitrogens with one attached hydrogen (secondary N) is 1. The third-order valence-electron chi connectivity index (χ3n) is 3.13. The van der Waals surface area contributed by atoms with Gasteiger partial charge in [-0.25, -0.2) is 13.1 Å². The summed E-state index contributed by atoms with van der Waals surface area (Å²) in [6, 6.07) is 0. The van der Waals surface area contributed by atoms with Crippen LogP contribution in [0.3, 0.4) is 0 Å². The number of nitrogens with zero attached hydrogens (tertiary/aromatic N) is 1. The third kappa shape index (κ3) is 3.69. The van der Waals surface area contributed by atoms with Gasteiger partial charge < -0.3 is 5.11 Å². The lowest BCUT2D eigenvalue weighted by Crippen LogP contribution is -2.47. The molecule has 0 amide bonds. The Morgan fingerprint density at radius 1 is 1.56 bits per heavy atom. The highest BCUT2D eigenvalue weighted by Crippen LogP contribution is 2.16. The van der Waals surface area contributed by atoms with Gasteiger partial charge in [0.05, 0.1) is 11.4 Å². The van der Waals surface area contributed by atoms with Crippen LogP contribution in [0, 0.1) is 0 Å². The van der Waals surface area contributed by atoms with E-state index in [4.69, 9.17) is 0 Å². The Labute approximate surface area is 97.9 Å². The van der Waals surface area contributed by atoms with Crippen LogP contribution >= 0.6 is 0 Å². The molecule has 5 nitrogen and oxygen atoms in total. The first-order chi connectivity index (χ1) is 7.49. The predicted octanol–water partition coefficient (Wildman–Crippen LogP) is -0.229. The van der Waals surface area contributed by atoms with Crippen molar-refractivity contribution in [1.29, 1.82) is 0 Å². The fourth-order valence-corrected chi connectivity index (χ4v) is 3.24. The number of likely N-dealkylation sites (tertiary alicyclic amines) is 1. The molecular formula is C10H22N2O3S. The molecule has 6 heteroatoms. The van der Waals surface area contributed by atoms with Crippen LogP contribution in [-0.4, -0.2) is 56.5 Å². The Morgan fingerprint density at radius 2 is 2.25 bits per heavy atom. The molecule has 0 aromatic rings. The second kappa shape index (κ2) is 5.95. The molecule has 0 spiro atoms. The monoisotopic (exact) mass is 250 g/mol. The van der Waals surface area contributed by atoms with Crippen LogP contribution in [0.25, 0.3) is 0 Å². The first-order valence-corrected chi connectivity index (χ1v) is 7.37. The summed E-state index contributed by atoms with van der Waals surface area (Å²) < 4.78 is 25.7. The third-order valence-corrected chi connectivity index (χ3v) is 4.96. The lowest BCUT2D eigenvalue weighted by molar-refractivity contribution is 0.0990. The van der Waals surface area contributed by atoms with E-state index in [9.17, 15) is 13.5 Å². The van der Waals surface area contributed by atoms with E-state index in [1.807, 2.05) is 11.8 Å². The highest BCUT2D eigenvalue weighted by Gasteiger charge is 2.29. The van der Waals surface area contributed by atoms with Crippen molar-refractivity contribution in [1.82, 2.24) is 9.62 Å². The van der Waals surface area contributed by atoms with Crippen molar-refractivity contribution in [3.8, 4) is 0 Å². The van der Waals surface area contributed by atoms with E-state index in [-0.39, 0.29) is 11.4 Å². The summed E-state index contributed by atoms with van der Waals surface area (Å²) in [7, 11) is -1.72. The maximum absolute atomic E-state index is 11.7. The fourth-order valence-electron chi connectivity index (χ4n) is 2.03. The lowest BCUT2D eigenvalue weighted by atomic mass is 10.1. The molecule has 0 radical (unpaired) electrons. The molecule has 1 saturated heterocycles. The van der Waals surface area contributed by atoms with Gasteiger partial charge in [0.15, 0.2) is 0 Å². The number of sulfonamides is 1. The summed E-state index contributed by atoms with van der Waals surface area (Å²) >= 11 is 0. The molecule has 1 aliphatic heterocycles. The van der Waals surface area contributed by atoms with Gasteiger partial charge in [-0.1, -0.05) is 6.92 Å². The van der Waals surface area contributed by atoms with Crippen molar-refractivity contribution in [3.05, 3.63) is 0 Å².